The van der Waals surface area contributed by atoms with Crippen LogP contribution in [0, 0.1) is 0 Å². The van der Waals surface area contributed by atoms with Crippen molar-refractivity contribution in [2.75, 3.05) is 18.4 Å². The fourth-order valence-corrected chi connectivity index (χ4v) is 5.04. The number of hydrogen-bond donors (Lipinski definition) is 1. The summed E-state index contributed by atoms with van der Waals surface area (Å²) in [5, 5.41) is 10.4. The average molecular weight is 408 g/mol. The zero-order valence-electron chi connectivity index (χ0n) is 16.4. The van der Waals surface area contributed by atoms with E-state index in [1.807, 2.05) is 35.0 Å². The molecule has 5 rings (SSSR count). The Kier molecular flexibility index (Phi) is 5.16. The predicted octanol–water partition coefficient (Wildman–Crippen LogP) is 4.06. The number of nitrogens with one attached hydrogen (secondary N) is 1. The maximum Gasteiger partial charge on any atom is 0.278 e. The van der Waals surface area contributed by atoms with Crippen LogP contribution < -0.4 is 5.32 Å². The number of hydrogen-bond acceptors (Lipinski definition) is 5. The quantitative estimate of drug-likeness (QED) is 0.693. The fourth-order valence-electron chi connectivity index (χ4n) is 4.34. The molecule has 1 amide bonds. The molecule has 0 spiro atoms. The number of aromatic nitrogens is 3. The summed E-state index contributed by atoms with van der Waals surface area (Å²) in [4.78, 5) is 20.1. The molecular formula is C22H25N5OS. The molecule has 1 fully saturated rings. The van der Waals surface area contributed by atoms with E-state index >= 15 is 0 Å². The van der Waals surface area contributed by atoms with Crippen molar-refractivity contribution in [1.82, 2.24) is 19.7 Å². The van der Waals surface area contributed by atoms with Crippen LogP contribution >= 0.6 is 11.3 Å². The number of carbonyl (C=O) groups excluding carboxylic acids is 1. The van der Waals surface area contributed by atoms with Crippen LogP contribution in [0.3, 0.4) is 0 Å². The van der Waals surface area contributed by atoms with Gasteiger partial charge in [0.1, 0.15) is 0 Å². The minimum absolute atomic E-state index is 0.156. The Balaban J connectivity index is 1.33. The Morgan fingerprint density at radius 2 is 1.90 bits per heavy atom. The van der Waals surface area contributed by atoms with E-state index in [4.69, 9.17) is 0 Å². The summed E-state index contributed by atoms with van der Waals surface area (Å²) in [6, 6.07) is 10.0. The molecule has 0 atom stereocenters. The van der Waals surface area contributed by atoms with E-state index in [-0.39, 0.29) is 5.91 Å². The van der Waals surface area contributed by atoms with E-state index in [0.29, 0.717) is 10.8 Å². The van der Waals surface area contributed by atoms with Gasteiger partial charge in [-0.15, -0.1) is 11.3 Å². The van der Waals surface area contributed by atoms with Crippen LogP contribution in [0.2, 0.25) is 0 Å². The summed E-state index contributed by atoms with van der Waals surface area (Å²) < 4.78 is 1.93. The van der Waals surface area contributed by atoms with Gasteiger partial charge in [-0.2, -0.15) is 5.10 Å². The zero-order chi connectivity index (χ0) is 19.6. The number of benzene rings is 1. The second-order valence-electron chi connectivity index (χ2n) is 7.81. The highest BCUT2D eigenvalue weighted by Gasteiger charge is 2.27. The van der Waals surface area contributed by atoms with Crippen LogP contribution in [-0.2, 0) is 19.4 Å². The second kappa shape index (κ2) is 8.08. The van der Waals surface area contributed by atoms with Crippen LogP contribution in [0.1, 0.15) is 53.1 Å². The normalized spacial score (nSPS) is 16.7. The fraction of sp³-hybridized carbons (Fsp3) is 0.409. The molecular weight excluding hydrogens is 382 g/mol. The largest absolute Gasteiger partial charge is 0.297 e. The van der Waals surface area contributed by atoms with E-state index < -0.39 is 0 Å². The van der Waals surface area contributed by atoms with Crippen LogP contribution in [-0.4, -0.2) is 38.7 Å². The predicted molar refractivity (Wildman–Crippen MR) is 115 cm³/mol. The van der Waals surface area contributed by atoms with Crippen molar-refractivity contribution < 1.29 is 4.79 Å². The van der Waals surface area contributed by atoms with Gasteiger partial charge in [0.2, 0.25) is 0 Å². The van der Waals surface area contributed by atoms with Gasteiger partial charge in [-0.3, -0.25) is 15.0 Å². The lowest BCUT2D eigenvalue weighted by Crippen LogP contribution is -2.29. The molecule has 2 aromatic heterocycles. The van der Waals surface area contributed by atoms with Gasteiger partial charge in [0, 0.05) is 23.2 Å². The summed E-state index contributed by atoms with van der Waals surface area (Å²) in [6.07, 6.45) is 6.79. The van der Waals surface area contributed by atoms with Gasteiger partial charge >= 0.3 is 0 Å². The number of thiazole rings is 1. The monoisotopic (exact) mass is 407 g/mol. The van der Waals surface area contributed by atoms with E-state index in [1.54, 1.807) is 0 Å². The Labute approximate surface area is 174 Å². The maximum absolute atomic E-state index is 13.0. The summed E-state index contributed by atoms with van der Waals surface area (Å²) in [5.74, 6) is -0.156. The molecule has 0 bridgehead atoms. The number of para-hydroxylation sites is 1. The first-order valence-electron chi connectivity index (χ1n) is 10.4. The molecule has 0 saturated carbocycles. The third-order valence-corrected chi connectivity index (χ3v) is 6.56. The molecule has 29 heavy (non-hydrogen) atoms. The maximum atomic E-state index is 13.0. The average Bonchev–Trinajstić information content (AvgIpc) is 3.46. The van der Waals surface area contributed by atoms with Crippen molar-refractivity contribution in [3.63, 3.8) is 0 Å². The van der Waals surface area contributed by atoms with E-state index in [1.165, 1.54) is 30.6 Å². The SMILES string of the molecule is O=C(Nc1nc(CN2CCCCC2)cs1)c1nn(-c2ccccc2)c2c1CCC2. The number of anilines is 1. The molecule has 1 saturated heterocycles. The van der Waals surface area contributed by atoms with Crippen molar-refractivity contribution >= 4 is 22.4 Å². The summed E-state index contributed by atoms with van der Waals surface area (Å²) in [5.41, 5.74) is 4.81. The van der Waals surface area contributed by atoms with Crippen LogP contribution in [0.5, 0.6) is 0 Å². The third-order valence-electron chi connectivity index (χ3n) is 5.75. The van der Waals surface area contributed by atoms with Crippen molar-refractivity contribution in [1.29, 1.82) is 0 Å². The molecule has 0 unspecified atom stereocenters. The molecule has 1 aliphatic carbocycles. The van der Waals surface area contributed by atoms with Crippen LogP contribution in [0.15, 0.2) is 35.7 Å². The van der Waals surface area contributed by atoms with Gasteiger partial charge in [0.15, 0.2) is 10.8 Å². The summed E-state index contributed by atoms with van der Waals surface area (Å²) >= 11 is 1.49. The first kappa shape index (κ1) is 18.5. The van der Waals surface area contributed by atoms with E-state index in [2.05, 4.69) is 25.7 Å². The Hall–Kier alpha value is -2.51. The molecule has 3 heterocycles. The standard InChI is InChI=1S/C22H25N5OS/c28-21(24-22-23-16(15-29-22)14-26-12-5-2-6-13-26)20-18-10-7-11-19(18)27(25-20)17-8-3-1-4-9-17/h1,3-4,8-9,15H,2,5-7,10-14H2,(H,23,24,28). The lowest BCUT2D eigenvalue weighted by molar-refractivity contribution is 0.102. The Bertz CT molecular complexity index is 1000. The number of nitrogens with zero attached hydrogens (tertiary/aromatic N) is 4. The zero-order valence-corrected chi connectivity index (χ0v) is 17.2. The second-order valence-corrected chi connectivity index (χ2v) is 8.67. The molecule has 2 aliphatic rings. The van der Waals surface area contributed by atoms with E-state index in [9.17, 15) is 4.79 Å². The first-order valence-corrected chi connectivity index (χ1v) is 11.3. The van der Waals surface area contributed by atoms with Crippen molar-refractivity contribution in [2.24, 2.45) is 0 Å². The molecule has 150 valence electrons. The molecule has 6 nitrogen and oxygen atoms in total. The number of likely N-dealkylation sites (tertiary alicyclic amines) is 1. The van der Waals surface area contributed by atoms with Gasteiger partial charge < -0.3 is 0 Å². The van der Waals surface area contributed by atoms with Crippen LogP contribution in [0.25, 0.3) is 5.69 Å². The Morgan fingerprint density at radius 1 is 1.07 bits per heavy atom. The molecule has 1 aliphatic heterocycles. The van der Waals surface area contributed by atoms with Crippen molar-refractivity contribution in [3.05, 3.63) is 58.4 Å². The molecule has 0 radical (unpaired) electrons. The smallest absolute Gasteiger partial charge is 0.278 e. The topological polar surface area (TPSA) is 63.1 Å². The van der Waals surface area contributed by atoms with Crippen molar-refractivity contribution in [2.45, 2.75) is 45.1 Å². The van der Waals surface area contributed by atoms with Crippen LogP contribution in [0.4, 0.5) is 5.13 Å². The highest BCUT2D eigenvalue weighted by Crippen LogP contribution is 2.28. The minimum atomic E-state index is -0.156. The van der Waals surface area contributed by atoms with Gasteiger partial charge in [-0.25, -0.2) is 9.67 Å². The molecule has 3 aromatic rings. The van der Waals surface area contributed by atoms with Gasteiger partial charge in [0.25, 0.3) is 5.91 Å². The van der Waals surface area contributed by atoms with Gasteiger partial charge in [-0.05, 0) is 57.3 Å². The highest BCUT2D eigenvalue weighted by molar-refractivity contribution is 7.13. The molecule has 1 aromatic carbocycles. The molecule has 1 N–H and O–H groups in total. The van der Waals surface area contributed by atoms with Crippen molar-refractivity contribution in [3.8, 4) is 5.69 Å². The van der Waals surface area contributed by atoms with Gasteiger partial charge in [-0.1, -0.05) is 24.6 Å². The number of fused-ring (bicyclic) bond motifs is 1. The van der Waals surface area contributed by atoms with Gasteiger partial charge in [0.05, 0.1) is 11.4 Å². The summed E-state index contributed by atoms with van der Waals surface area (Å²) in [7, 11) is 0. The first-order chi connectivity index (χ1) is 14.3. The lowest BCUT2D eigenvalue weighted by Gasteiger charge is -2.25. The highest BCUT2D eigenvalue weighted by atomic mass is 32.1. The number of amides is 1. The molecule has 7 heteroatoms. The number of carbonyl (C=O) groups is 1. The minimum Gasteiger partial charge on any atom is -0.297 e. The Morgan fingerprint density at radius 3 is 2.72 bits per heavy atom. The van der Waals surface area contributed by atoms with E-state index in [0.717, 1.165) is 61.5 Å². The summed E-state index contributed by atoms with van der Waals surface area (Å²) in [6.45, 7) is 3.15. The lowest BCUT2D eigenvalue weighted by atomic mass is 10.1. The number of piperidine rings is 1. The number of rotatable bonds is 5. The third kappa shape index (κ3) is 3.84.